The van der Waals surface area contributed by atoms with E-state index in [1.54, 1.807) is 0 Å². The number of carbonyl (C=O) groups is 1. The van der Waals surface area contributed by atoms with Crippen molar-refractivity contribution < 1.29 is 19.7 Å². The fraction of sp³-hybridized carbons (Fsp3) is 0.875. The van der Waals surface area contributed by atoms with Crippen molar-refractivity contribution in [2.45, 2.75) is 18.9 Å². The third-order valence-corrected chi connectivity index (χ3v) is 2.16. The van der Waals surface area contributed by atoms with Crippen LogP contribution in [0.2, 0.25) is 0 Å². The fourth-order valence-electron chi connectivity index (χ4n) is 1.43. The molecule has 0 aromatic rings. The van der Waals surface area contributed by atoms with Gasteiger partial charge in [-0.2, -0.15) is 0 Å². The zero-order valence-electron chi connectivity index (χ0n) is 7.48. The van der Waals surface area contributed by atoms with Gasteiger partial charge in [0, 0.05) is 13.1 Å². The maximum atomic E-state index is 10.5. The molecule has 1 saturated heterocycles. The van der Waals surface area contributed by atoms with Crippen molar-refractivity contribution in [1.29, 1.82) is 0 Å². The fourth-order valence-corrected chi connectivity index (χ4v) is 1.43. The predicted molar refractivity (Wildman–Crippen MR) is 45.7 cm³/mol. The highest BCUT2D eigenvalue weighted by Crippen LogP contribution is 2.13. The van der Waals surface area contributed by atoms with Crippen molar-refractivity contribution in [3.8, 4) is 0 Å². The van der Waals surface area contributed by atoms with Gasteiger partial charge in [0.05, 0.1) is 19.3 Å². The Morgan fingerprint density at radius 2 is 2.08 bits per heavy atom. The number of aliphatic hydroxyl groups excluding tert-OH is 1. The molecule has 0 radical (unpaired) electrons. The van der Waals surface area contributed by atoms with Gasteiger partial charge in [0.25, 0.3) is 0 Å². The van der Waals surface area contributed by atoms with Gasteiger partial charge in [-0.05, 0) is 12.8 Å². The molecule has 0 atom stereocenters. The van der Waals surface area contributed by atoms with E-state index in [4.69, 9.17) is 14.9 Å². The van der Waals surface area contributed by atoms with Crippen LogP contribution in [0.3, 0.4) is 0 Å². The quantitative estimate of drug-likeness (QED) is 0.662. The van der Waals surface area contributed by atoms with Gasteiger partial charge in [0.2, 0.25) is 0 Å². The van der Waals surface area contributed by atoms with E-state index in [1.807, 2.05) is 0 Å². The van der Waals surface area contributed by atoms with Crippen LogP contribution < -0.4 is 0 Å². The second-order valence-electron chi connectivity index (χ2n) is 3.06. The van der Waals surface area contributed by atoms with Gasteiger partial charge in [-0.1, -0.05) is 0 Å². The second-order valence-corrected chi connectivity index (χ2v) is 3.06. The summed E-state index contributed by atoms with van der Waals surface area (Å²) in [5, 5.41) is 17.2. The van der Waals surface area contributed by atoms with E-state index in [-0.39, 0.29) is 12.7 Å². The number of hydrogen-bond donors (Lipinski definition) is 2. The van der Waals surface area contributed by atoms with Gasteiger partial charge in [0.1, 0.15) is 0 Å². The molecule has 0 aliphatic carbocycles. The first-order valence-corrected chi connectivity index (χ1v) is 4.44. The Morgan fingerprint density at radius 1 is 1.46 bits per heavy atom. The number of carboxylic acid groups (broad SMARTS) is 1. The summed E-state index contributed by atoms with van der Waals surface area (Å²) < 4.78 is 5.29. The number of aliphatic hydroxyl groups is 1. The van der Waals surface area contributed by atoms with Gasteiger partial charge in [-0.15, -0.1) is 0 Å². The first-order chi connectivity index (χ1) is 6.24. The van der Waals surface area contributed by atoms with Crippen LogP contribution in [0.5, 0.6) is 0 Å². The third kappa shape index (κ3) is 3.20. The molecule has 76 valence electrons. The molecular weight excluding hydrogens is 174 g/mol. The maximum Gasteiger partial charge on any atom is 0.407 e. The lowest BCUT2D eigenvalue weighted by atomic mass is 10.1. The van der Waals surface area contributed by atoms with Crippen molar-refractivity contribution in [1.82, 2.24) is 4.90 Å². The summed E-state index contributed by atoms with van der Waals surface area (Å²) in [4.78, 5) is 11.9. The van der Waals surface area contributed by atoms with Gasteiger partial charge >= 0.3 is 6.09 Å². The lowest BCUT2D eigenvalue weighted by molar-refractivity contribution is -0.00512. The molecule has 1 fully saturated rings. The van der Waals surface area contributed by atoms with E-state index < -0.39 is 6.09 Å². The number of hydrogen-bond acceptors (Lipinski definition) is 3. The van der Waals surface area contributed by atoms with Gasteiger partial charge in [-0.3, -0.25) is 0 Å². The Kier molecular flexibility index (Phi) is 3.98. The molecule has 1 rings (SSSR count). The molecule has 1 aliphatic rings. The van der Waals surface area contributed by atoms with Gasteiger partial charge in [0.15, 0.2) is 0 Å². The summed E-state index contributed by atoms with van der Waals surface area (Å²) in [6.45, 7) is 1.44. The molecule has 0 spiro atoms. The predicted octanol–water partition coefficient (Wildman–Crippen LogP) is 0.138. The number of piperidine rings is 1. The van der Waals surface area contributed by atoms with E-state index in [9.17, 15) is 4.79 Å². The van der Waals surface area contributed by atoms with Crippen LogP contribution >= 0.6 is 0 Å². The van der Waals surface area contributed by atoms with Crippen molar-refractivity contribution >= 4 is 6.09 Å². The second kappa shape index (κ2) is 5.04. The molecule has 5 heteroatoms. The first-order valence-electron chi connectivity index (χ1n) is 4.44. The number of rotatable bonds is 3. The van der Waals surface area contributed by atoms with E-state index >= 15 is 0 Å². The molecule has 1 aliphatic heterocycles. The van der Waals surface area contributed by atoms with E-state index in [0.29, 0.717) is 19.7 Å². The van der Waals surface area contributed by atoms with Crippen LogP contribution in [0, 0.1) is 0 Å². The normalized spacial score (nSPS) is 19.0. The lowest BCUT2D eigenvalue weighted by Crippen LogP contribution is -2.40. The number of likely N-dealkylation sites (tertiary alicyclic amines) is 1. The monoisotopic (exact) mass is 189 g/mol. The summed E-state index contributed by atoms with van der Waals surface area (Å²) in [6.07, 6.45) is 0.710. The van der Waals surface area contributed by atoms with Crippen LogP contribution in [0.25, 0.3) is 0 Å². The molecule has 1 heterocycles. The van der Waals surface area contributed by atoms with Crippen LogP contribution in [-0.4, -0.2) is 53.6 Å². The molecule has 1 amide bonds. The number of amides is 1. The van der Waals surface area contributed by atoms with E-state index in [2.05, 4.69) is 0 Å². The summed E-state index contributed by atoms with van der Waals surface area (Å²) in [6, 6.07) is 0. The van der Waals surface area contributed by atoms with Gasteiger partial charge < -0.3 is 19.8 Å². The minimum absolute atomic E-state index is 0.0269. The van der Waals surface area contributed by atoms with Crippen LogP contribution in [0.4, 0.5) is 4.79 Å². The topological polar surface area (TPSA) is 70.0 Å². The number of ether oxygens (including phenoxy) is 1. The van der Waals surface area contributed by atoms with Crippen LogP contribution in [0.1, 0.15) is 12.8 Å². The lowest BCUT2D eigenvalue weighted by Gasteiger charge is -2.29. The number of nitrogens with zero attached hydrogens (tertiary/aromatic N) is 1. The average Bonchev–Trinajstić information content (AvgIpc) is 2.15. The Balaban J connectivity index is 2.18. The molecule has 2 N–H and O–H groups in total. The molecule has 13 heavy (non-hydrogen) atoms. The maximum absolute atomic E-state index is 10.5. The summed E-state index contributed by atoms with van der Waals surface area (Å²) in [7, 11) is 0. The first kappa shape index (κ1) is 10.3. The zero-order valence-corrected chi connectivity index (χ0v) is 7.48. The third-order valence-electron chi connectivity index (χ3n) is 2.16. The average molecular weight is 189 g/mol. The summed E-state index contributed by atoms with van der Waals surface area (Å²) >= 11 is 0. The molecule has 0 aromatic heterocycles. The van der Waals surface area contributed by atoms with E-state index in [0.717, 1.165) is 12.8 Å². The zero-order chi connectivity index (χ0) is 9.68. The Bertz CT molecular complexity index is 166. The van der Waals surface area contributed by atoms with Crippen molar-refractivity contribution in [2.24, 2.45) is 0 Å². The minimum atomic E-state index is -0.861. The Hall–Kier alpha value is -0.810. The summed E-state index contributed by atoms with van der Waals surface area (Å²) in [5.74, 6) is 0. The smallest absolute Gasteiger partial charge is 0.407 e. The molecule has 0 aromatic carbocycles. The largest absolute Gasteiger partial charge is 0.465 e. The minimum Gasteiger partial charge on any atom is -0.465 e. The van der Waals surface area contributed by atoms with Gasteiger partial charge in [-0.25, -0.2) is 4.79 Å². The highest BCUT2D eigenvalue weighted by atomic mass is 16.5. The Labute approximate surface area is 76.9 Å². The van der Waals surface area contributed by atoms with Crippen LogP contribution in [0.15, 0.2) is 0 Å². The molecule has 0 unspecified atom stereocenters. The highest BCUT2D eigenvalue weighted by molar-refractivity contribution is 5.64. The van der Waals surface area contributed by atoms with Crippen molar-refractivity contribution in [3.05, 3.63) is 0 Å². The van der Waals surface area contributed by atoms with Crippen molar-refractivity contribution in [2.75, 3.05) is 26.3 Å². The van der Waals surface area contributed by atoms with Crippen LogP contribution in [-0.2, 0) is 4.74 Å². The highest BCUT2D eigenvalue weighted by Gasteiger charge is 2.22. The standard InChI is InChI=1S/C8H15NO4/c10-5-6-13-7-1-3-9(4-2-7)8(11)12/h7,10H,1-6H2,(H,11,12). The molecule has 0 saturated carbocycles. The van der Waals surface area contributed by atoms with E-state index in [1.165, 1.54) is 4.90 Å². The molecule has 5 nitrogen and oxygen atoms in total. The molecule has 0 bridgehead atoms. The SMILES string of the molecule is O=C(O)N1CCC(OCCO)CC1. The summed E-state index contributed by atoms with van der Waals surface area (Å²) in [5.41, 5.74) is 0. The molecular formula is C8H15NO4. The Morgan fingerprint density at radius 3 is 2.54 bits per heavy atom. The van der Waals surface area contributed by atoms with Crippen molar-refractivity contribution in [3.63, 3.8) is 0 Å².